The van der Waals surface area contributed by atoms with Gasteiger partial charge in [0.25, 0.3) is 0 Å². The second-order valence-electron chi connectivity index (χ2n) is 6.34. The number of Topliss-reactive ketones (excluding diaryl/α,β-unsaturated/α-hetero) is 1. The number of fused-ring (bicyclic) bond motifs is 1. The Hall–Kier alpha value is -3.13. The van der Waals surface area contributed by atoms with E-state index in [-0.39, 0.29) is 18.3 Å². The van der Waals surface area contributed by atoms with Crippen molar-refractivity contribution >= 4 is 34.1 Å². The number of aryl methyl sites for hydroxylation is 1. The van der Waals surface area contributed by atoms with Gasteiger partial charge in [-0.2, -0.15) is 0 Å². The molecule has 2 rings (SSSR count). The largest absolute Gasteiger partial charge is 0.398 e. The maximum absolute atomic E-state index is 13.2. The number of nitrogens with one attached hydrogen (secondary N) is 1. The minimum Gasteiger partial charge on any atom is -0.398 e. The van der Waals surface area contributed by atoms with Crippen LogP contribution >= 0.6 is 0 Å². The molecule has 0 aromatic heterocycles. The number of hydrogen-bond donors (Lipinski definition) is 5. The van der Waals surface area contributed by atoms with Crippen molar-refractivity contribution in [1.29, 1.82) is 0 Å². The van der Waals surface area contributed by atoms with Gasteiger partial charge < -0.3 is 28.3 Å². The molecule has 9 N–H and O–H groups in total. The van der Waals surface area contributed by atoms with E-state index in [1.807, 2.05) is 31.2 Å². The van der Waals surface area contributed by atoms with Gasteiger partial charge in [0.2, 0.25) is 5.91 Å². The number of nitrogens with zero attached hydrogens (tertiary/aromatic N) is 1. The molecule has 0 aliphatic carbocycles. The fraction of sp³-hybridized carbons (Fsp3) is 0.316. The number of guanidine groups is 1. The second-order valence-corrected chi connectivity index (χ2v) is 6.34. The third-order valence-corrected chi connectivity index (χ3v) is 4.31. The Balaban J connectivity index is 2.38. The number of nitrogen functional groups attached to an aromatic ring is 1. The Morgan fingerprint density at radius 1 is 1.19 bits per heavy atom. The molecule has 0 saturated heterocycles. The summed E-state index contributed by atoms with van der Waals surface area (Å²) >= 11 is 0. The molecule has 8 nitrogen and oxygen atoms in total. The normalized spacial score (nSPS) is 11.8. The van der Waals surface area contributed by atoms with Gasteiger partial charge in [-0.15, -0.1) is 0 Å². The zero-order chi connectivity index (χ0) is 20.0. The molecule has 0 fully saturated rings. The summed E-state index contributed by atoms with van der Waals surface area (Å²) in [5.41, 5.74) is 24.0. The minimum atomic E-state index is -0.760. The lowest BCUT2D eigenvalue weighted by Gasteiger charge is -2.20. The number of benzene rings is 2. The van der Waals surface area contributed by atoms with Gasteiger partial charge in [-0.3, -0.25) is 14.6 Å². The molecule has 0 radical (unpaired) electrons. The molecule has 1 atom stereocenters. The molecule has 0 spiro atoms. The summed E-state index contributed by atoms with van der Waals surface area (Å²) in [4.78, 5) is 29.0. The van der Waals surface area contributed by atoms with Crippen LogP contribution in [0, 0.1) is 6.92 Å². The molecule has 144 valence electrons. The standard InChI is InChI=1S/C19H26N6O2/c1-11-9-14(21)17(13-6-3-2-5-12(11)13)18(27)15(25-16(26)10-20)7-4-8-24-19(22)23/h2-3,5-6,9,15H,4,7-8,10,20-21H2,1H3,(H,25,26)(H4,22,23,24)/t15-/m0/s1. The van der Waals surface area contributed by atoms with Crippen LogP contribution in [0.3, 0.4) is 0 Å². The fourth-order valence-corrected chi connectivity index (χ4v) is 3.06. The average molecular weight is 370 g/mol. The molecular formula is C19H26N6O2. The van der Waals surface area contributed by atoms with E-state index in [2.05, 4.69) is 10.3 Å². The molecule has 0 heterocycles. The molecule has 8 heteroatoms. The Morgan fingerprint density at radius 2 is 1.85 bits per heavy atom. The number of aliphatic imine (C=N–C) groups is 1. The van der Waals surface area contributed by atoms with Crippen LogP contribution in [0.5, 0.6) is 0 Å². The van der Waals surface area contributed by atoms with Crippen LogP contribution in [0.2, 0.25) is 0 Å². The number of nitrogens with two attached hydrogens (primary N) is 4. The maximum Gasteiger partial charge on any atom is 0.234 e. The first kappa shape index (κ1) is 20.2. The van der Waals surface area contributed by atoms with E-state index < -0.39 is 11.9 Å². The zero-order valence-electron chi connectivity index (χ0n) is 15.4. The lowest BCUT2D eigenvalue weighted by molar-refractivity contribution is -0.120. The number of anilines is 1. The van der Waals surface area contributed by atoms with Gasteiger partial charge in [0.1, 0.15) is 0 Å². The van der Waals surface area contributed by atoms with Crippen LogP contribution in [0.1, 0.15) is 28.8 Å². The van der Waals surface area contributed by atoms with E-state index >= 15 is 0 Å². The van der Waals surface area contributed by atoms with Crippen LogP contribution < -0.4 is 28.3 Å². The third-order valence-electron chi connectivity index (χ3n) is 4.31. The van der Waals surface area contributed by atoms with Crippen molar-refractivity contribution in [2.24, 2.45) is 22.2 Å². The summed E-state index contributed by atoms with van der Waals surface area (Å²) in [6.07, 6.45) is 0.881. The number of ketones is 1. The Kier molecular flexibility index (Phi) is 6.73. The first-order valence-electron chi connectivity index (χ1n) is 8.72. The molecule has 0 bridgehead atoms. The van der Waals surface area contributed by atoms with Crippen molar-refractivity contribution < 1.29 is 9.59 Å². The van der Waals surface area contributed by atoms with Gasteiger partial charge in [0, 0.05) is 12.2 Å². The first-order valence-corrected chi connectivity index (χ1v) is 8.72. The lowest BCUT2D eigenvalue weighted by Crippen LogP contribution is -2.44. The summed E-state index contributed by atoms with van der Waals surface area (Å²) in [6.45, 7) is 2.09. The Bertz CT molecular complexity index is 874. The smallest absolute Gasteiger partial charge is 0.234 e. The average Bonchev–Trinajstić information content (AvgIpc) is 2.63. The van der Waals surface area contributed by atoms with Gasteiger partial charge in [-0.1, -0.05) is 24.3 Å². The number of rotatable bonds is 8. The van der Waals surface area contributed by atoms with E-state index in [0.29, 0.717) is 30.6 Å². The quantitative estimate of drug-likeness (QED) is 0.148. The molecule has 0 saturated carbocycles. The van der Waals surface area contributed by atoms with Gasteiger partial charge in [0.15, 0.2) is 11.7 Å². The van der Waals surface area contributed by atoms with E-state index in [1.165, 1.54) is 0 Å². The summed E-state index contributed by atoms with van der Waals surface area (Å²) in [6, 6.07) is 8.56. The molecular weight excluding hydrogens is 344 g/mol. The van der Waals surface area contributed by atoms with Crippen LogP contribution in [-0.2, 0) is 4.79 Å². The predicted molar refractivity (Wildman–Crippen MR) is 108 cm³/mol. The van der Waals surface area contributed by atoms with E-state index in [0.717, 1.165) is 16.3 Å². The SMILES string of the molecule is Cc1cc(N)c(C(=O)[C@H](CCCN=C(N)N)NC(=O)CN)c2ccccc12. The lowest BCUT2D eigenvalue weighted by atomic mass is 9.91. The van der Waals surface area contributed by atoms with Crippen LogP contribution in [0.25, 0.3) is 10.8 Å². The number of amides is 1. The van der Waals surface area contributed by atoms with Crippen molar-refractivity contribution in [3.05, 3.63) is 41.5 Å². The van der Waals surface area contributed by atoms with Gasteiger partial charge in [-0.25, -0.2) is 0 Å². The topological polar surface area (TPSA) is 163 Å². The summed E-state index contributed by atoms with van der Waals surface area (Å²) in [7, 11) is 0. The summed E-state index contributed by atoms with van der Waals surface area (Å²) < 4.78 is 0. The highest BCUT2D eigenvalue weighted by Crippen LogP contribution is 2.29. The van der Waals surface area contributed by atoms with E-state index in [4.69, 9.17) is 22.9 Å². The van der Waals surface area contributed by atoms with Crippen molar-refractivity contribution in [2.45, 2.75) is 25.8 Å². The van der Waals surface area contributed by atoms with Crippen molar-refractivity contribution in [1.82, 2.24) is 5.32 Å². The van der Waals surface area contributed by atoms with E-state index in [9.17, 15) is 9.59 Å². The second kappa shape index (κ2) is 9.00. The van der Waals surface area contributed by atoms with Crippen LogP contribution in [0.15, 0.2) is 35.3 Å². The fourth-order valence-electron chi connectivity index (χ4n) is 3.06. The van der Waals surface area contributed by atoms with Gasteiger partial charge >= 0.3 is 0 Å². The number of carbonyl (C=O) groups excluding carboxylic acids is 2. The Morgan fingerprint density at radius 3 is 2.48 bits per heavy atom. The van der Waals surface area contributed by atoms with Crippen molar-refractivity contribution in [3.8, 4) is 0 Å². The van der Waals surface area contributed by atoms with Gasteiger partial charge in [0.05, 0.1) is 18.2 Å². The first-order chi connectivity index (χ1) is 12.8. The zero-order valence-corrected chi connectivity index (χ0v) is 15.4. The number of hydrogen-bond acceptors (Lipinski definition) is 5. The van der Waals surface area contributed by atoms with Gasteiger partial charge in [-0.05, 0) is 42.2 Å². The Labute approximate surface area is 158 Å². The highest BCUT2D eigenvalue weighted by atomic mass is 16.2. The minimum absolute atomic E-state index is 0.0161. The van der Waals surface area contributed by atoms with E-state index in [1.54, 1.807) is 6.07 Å². The highest BCUT2D eigenvalue weighted by molar-refractivity contribution is 6.15. The molecule has 2 aromatic carbocycles. The summed E-state index contributed by atoms with van der Waals surface area (Å²) in [5, 5.41) is 4.38. The molecule has 0 aliphatic rings. The summed E-state index contributed by atoms with van der Waals surface area (Å²) in [5.74, 6) is -0.682. The number of carbonyl (C=O) groups is 2. The van der Waals surface area contributed by atoms with Crippen molar-refractivity contribution in [3.63, 3.8) is 0 Å². The van der Waals surface area contributed by atoms with Crippen LogP contribution in [0.4, 0.5) is 5.69 Å². The van der Waals surface area contributed by atoms with Crippen LogP contribution in [-0.4, -0.2) is 36.8 Å². The highest BCUT2D eigenvalue weighted by Gasteiger charge is 2.25. The molecule has 1 amide bonds. The molecule has 0 aliphatic heterocycles. The molecule has 27 heavy (non-hydrogen) atoms. The third kappa shape index (κ3) is 4.95. The molecule has 0 unspecified atom stereocenters. The predicted octanol–water partition coefficient (Wildman–Crippen LogP) is 0.410. The monoisotopic (exact) mass is 370 g/mol. The molecule has 2 aromatic rings. The maximum atomic E-state index is 13.2. The van der Waals surface area contributed by atoms with Crippen molar-refractivity contribution in [2.75, 3.05) is 18.8 Å².